The summed E-state index contributed by atoms with van der Waals surface area (Å²) in [6.07, 6.45) is -0.680. The maximum absolute atomic E-state index is 12.1. The summed E-state index contributed by atoms with van der Waals surface area (Å²) < 4.78 is 0. The Bertz CT molecular complexity index is 371. The van der Waals surface area contributed by atoms with Crippen LogP contribution in [-0.4, -0.2) is 77.9 Å². The molecule has 2 amide bonds. The summed E-state index contributed by atoms with van der Waals surface area (Å²) in [6.45, 7) is 5.37. The summed E-state index contributed by atoms with van der Waals surface area (Å²) in [4.78, 5) is 26.4. The average molecular weight is 287 g/mol. The van der Waals surface area contributed by atoms with Crippen LogP contribution in [-0.2, 0) is 4.79 Å². The van der Waals surface area contributed by atoms with Crippen LogP contribution in [0.4, 0.5) is 4.79 Å². The highest BCUT2D eigenvalue weighted by Crippen LogP contribution is 2.19. The molecule has 2 atom stereocenters. The van der Waals surface area contributed by atoms with Gasteiger partial charge in [-0.1, -0.05) is 13.8 Å². The molecule has 1 unspecified atom stereocenters. The van der Waals surface area contributed by atoms with Gasteiger partial charge in [-0.05, 0) is 19.5 Å². The fraction of sp³-hybridized carbons (Fsp3) is 0.846. The van der Waals surface area contributed by atoms with Crippen molar-refractivity contribution in [3.63, 3.8) is 0 Å². The van der Waals surface area contributed by atoms with Crippen LogP contribution in [0.3, 0.4) is 0 Å². The third-order valence-corrected chi connectivity index (χ3v) is 3.29. The number of hydrogen-bond acceptors (Lipinski definition) is 4. The van der Waals surface area contributed by atoms with Gasteiger partial charge < -0.3 is 25.3 Å². The highest BCUT2D eigenvalue weighted by atomic mass is 16.4. The van der Waals surface area contributed by atoms with Crippen LogP contribution in [0.5, 0.6) is 0 Å². The van der Waals surface area contributed by atoms with Crippen LogP contribution >= 0.6 is 0 Å². The van der Waals surface area contributed by atoms with E-state index in [4.69, 9.17) is 5.11 Å². The molecule has 1 aliphatic heterocycles. The molecule has 0 radical (unpaired) electrons. The van der Waals surface area contributed by atoms with Crippen molar-refractivity contribution in [3.05, 3.63) is 0 Å². The lowest BCUT2D eigenvalue weighted by atomic mass is 9.93. The lowest BCUT2D eigenvalue weighted by Gasteiger charge is -2.30. The first-order chi connectivity index (χ1) is 9.12. The van der Waals surface area contributed by atoms with E-state index in [1.165, 1.54) is 4.90 Å². The van der Waals surface area contributed by atoms with Gasteiger partial charge in [0.15, 0.2) is 0 Å². The van der Waals surface area contributed by atoms with E-state index in [0.29, 0.717) is 6.54 Å². The molecule has 0 saturated carbocycles. The molecule has 0 aromatic heterocycles. The van der Waals surface area contributed by atoms with E-state index in [2.05, 4.69) is 5.32 Å². The minimum absolute atomic E-state index is 0.0664. The number of carbonyl (C=O) groups is 2. The van der Waals surface area contributed by atoms with Gasteiger partial charge in [-0.15, -0.1) is 0 Å². The monoisotopic (exact) mass is 287 g/mol. The topological polar surface area (TPSA) is 93.1 Å². The Kier molecular flexibility index (Phi) is 5.35. The molecule has 0 spiro atoms. The van der Waals surface area contributed by atoms with Gasteiger partial charge in [0, 0.05) is 26.1 Å². The number of β-amino-alcohol motifs (C(OH)–C–C–N with tert-alkyl or cyclic N) is 1. The maximum atomic E-state index is 12.1. The second-order valence-corrected chi connectivity index (χ2v) is 6.46. The van der Waals surface area contributed by atoms with Gasteiger partial charge in [0.05, 0.1) is 6.10 Å². The van der Waals surface area contributed by atoms with Crippen molar-refractivity contribution >= 4 is 12.0 Å². The highest BCUT2D eigenvalue weighted by Gasteiger charge is 2.39. The quantitative estimate of drug-likeness (QED) is 0.651. The number of carboxylic acids is 1. The van der Waals surface area contributed by atoms with Crippen molar-refractivity contribution in [3.8, 4) is 0 Å². The number of aliphatic hydroxyl groups is 1. The number of urea groups is 1. The van der Waals surface area contributed by atoms with Crippen molar-refractivity contribution in [2.45, 2.75) is 32.4 Å². The van der Waals surface area contributed by atoms with Gasteiger partial charge in [0.1, 0.15) is 6.04 Å². The molecule has 1 fully saturated rings. The number of aliphatic carboxylic acids is 1. The molecular formula is C13H25N3O4. The first kappa shape index (κ1) is 16.7. The number of carbonyl (C=O) groups excluding carboxylic acids is 1. The van der Waals surface area contributed by atoms with Gasteiger partial charge in [0.2, 0.25) is 0 Å². The molecule has 1 heterocycles. The Morgan fingerprint density at radius 3 is 2.50 bits per heavy atom. The number of likely N-dealkylation sites (tertiary alicyclic amines) is 1. The standard InChI is InChI=1S/C13H25N3O4/c1-13(2,8-15(3)4)7-14-12(20)16-6-9(17)5-10(16)11(18)19/h9-10,17H,5-8H2,1-4H3,(H,14,20)(H,18,19)/t9?,10-/m0/s1. The summed E-state index contributed by atoms with van der Waals surface area (Å²) in [5.74, 6) is -1.08. The van der Waals surface area contributed by atoms with Gasteiger partial charge in [-0.2, -0.15) is 0 Å². The van der Waals surface area contributed by atoms with E-state index in [9.17, 15) is 14.7 Å². The van der Waals surface area contributed by atoms with Crippen LogP contribution in [0.25, 0.3) is 0 Å². The number of carboxylic acid groups (broad SMARTS) is 1. The van der Waals surface area contributed by atoms with Crippen molar-refractivity contribution in [1.29, 1.82) is 0 Å². The molecule has 1 aliphatic rings. The zero-order valence-electron chi connectivity index (χ0n) is 12.6. The van der Waals surface area contributed by atoms with Crippen molar-refractivity contribution < 1.29 is 19.8 Å². The Labute approximate surface area is 119 Å². The molecule has 0 aromatic carbocycles. The lowest BCUT2D eigenvalue weighted by Crippen LogP contribution is -2.49. The molecule has 7 nitrogen and oxygen atoms in total. The summed E-state index contributed by atoms with van der Waals surface area (Å²) in [5.41, 5.74) is -0.115. The number of rotatable bonds is 5. The zero-order valence-corrected chi connectivity index (χ0v) is 12.6. The van der Waals surface area contributed by atoms with E-state index in [-0.39, 0.29) is 18.4 Å². The molecule has 0 aliphatic carbocycles. The van der Waals surface area contributed by atoms with Crippen molar-refractivity contribution in [2.24, 2.45) is 5.41 Å². The first-order valence-electron chi connectivity index (χ1n) is 6.72. The van der Waals surface area contributed by atoms with Gasteiger partial charge in [-0.25, -0.2) is 9.59 Å². The summed E-state index contributed by atoms with van der Waals surface area (Å²) in [6, 6.07) is -1.37. The Morgan fingerprint density at radius 1 is 1.40 bits per heavy atom. The number of amides is 2. The van der Waals surface area contributed by atoms with Crippen molar-refractivity contribution in [2.75, 3.05) is 33.7 Å². The average Bonchev–Trinajstić information content (AvgIpc) is 2.67. The number of hydrogen-bond donors (Lipinski definition) is 3. The SMILES string of the molecule is CN(C)CC(C)(C)CNC(=O)N1CC(O)C[C@H]1C(=O)O. The summed E-state index contributed by atoms with van der Waals surface area (Å²) >= 11 is 0. The molecule has 1 saturated heterocycles. The number of nitrogens with zero attached hydrogens (tertiary/aromatic N) is 2. The van der Waals surface area contributed by atoms with E-state index in [1.807, 2.05) is 32.8 Å². The zero-order chi connectivity index (χ0) is 15.5. The number of nitrogens with one attached hydrogen (secondary N) is 1. The molecule has 0 aromatic rings. The molecular weight excluding hydrogens is 262 g/mol. The van der Waals surface area contributed by atoms with Crippen molar-refractivity contribution in [1.82, 2.24) is 15.1 Å². The third-order valence-electron chi connectivity index (χ3n) is 3.29. The number of aliphatic hydroxyl groups excluding tert-OH is 1. The summed E-state index contributed by atoms with van der Waals surface area (Å²) in [7, 11) is 3.92. The minimum Gasteiger partial charge on any atom is -0.480 e. The Hall–Kier alpha value is -1.34. The fourth-order valence-electron chi connectivity index (χ4n) is 2.60. The molecule has 7 heteroatoms. The third kappa shape index (κ3) is 4.64. The minimum atomic E-state index is -1.08. The fourth-order valence-corrected chi connectivity index (χ4v) is 2.60. The van der Waals surface area contributed by atoms with Crippen LogP contribution in [0, 0.1) is 5.41 Å². The predicted octanol–water partition coefficient (Wildman–Crippen LogP) is -0.196. The maximum Gasteiger partial charge on any atom is 0.326 e. The lowest BCUT2D eigenvalue weighted by molar-refractivity contribution is -0.141. The van der Waals surface area contributed by atoms with Crippen LogP contribution in [0.2, 0.25) is 0 Å². The van der Waals surface area contributed by atoms with Gasteiger partial charge in [-0.3, -0.25) is 0 Å². The molecule has 0 bridgehead atoms. The second-order valence-electron chi connectivity index (χ2n) is 6.46. The molecule has 20 heavy (non-hydrogen) atoms. The molecule has 1 rings (SSSR count). The van der Waals surface area contributed by atoms with E-state index < -0.39 is 24.1 Å². The van der Waals surface area contributed by atoms with E-state index >= 15 is 0 Å². The Morgan fingerprint density at radius 2 is 2.00 bits per heavy atom. The largest absolute Gasteiger partial charge is 0.480 e. The van der Waals surface area contributed by atoms with Crippen LogP contribution in [0.1, 0.15) is 20.3 Å². The smallest absolute Gasteiger partial charge is 0.326 e. The summed E-state index contributed by atoms with van der Waals surface area (Å²) in [5, 5.41) is 21.3. The normalized spacial score (nSPS) is 23.2. The molecule has 3 N–H and O–H groups in total. The van der Waals surface area contributed by atoms with Crippen LogP contribution < -0.4 is 5.32 Å². The van der Waals surface area contributed by atoms with E-state index in [0.717, 1.165) is 6.54 Å². The second kappa shape index (κ2) is 6.41. The van der Waals surface area contributed by atoms with Gasteiger partial charge >= 0.3 is 12.0 Å². The Balaban J connectivity index is 2.56. The highest BCUT2D eigenvalue weighted by molar-refractivity contribution is 5.83. The van der Waals surface area contributed by atoms with Gasteiger partial charge in [0.25, 0.3) is 0 Å². The first-order valence-corrected chi connectivity index (χ1v) is 6.72. The van der Waals surface area contributed by atoms with E-state index in [1.54, 1.807) is 0 Å². The molecule has 116 valence electrons. The predicted molar refractivity (Wildman–Crippen MR) is 74.5 cm³/mol. The van der Waals surface area contributed by atoms with Crippen LogP contribution in [0.15, 0.2) is 0 Å².